The van der Waals surface area contributed by atoms with Crippen molar-refractivity contribution < 1.29 is 18.3 Å². The maximum atomic E-state index is 12.1. The Morgan fingerprint density at radius 1 is 1.43 bits per heavy atom. The molecule has 0 atom stereocenters. The van der Waals surface area contributed by atoms with Crippen molar-refractivity contribution in [1.29, 1.82) is 0 Å². The van der Waals surface area contributed by atoms with Gasteiger partial charge in [-0.1, -0.05) is 0 Å². The van der Waals surface area contributed by atoms with Crippen molar-refractivity contribution in [2.24, 2.45) is 7.05 Å². The van der Waals surface area contributed by atoms with Gasteiger partial charge in [-0.3, -0.25) is 4.90 Å². The lowest BCUT2D eigenvalue weighted by atomic mass is 10.3. The first-order chi connectivity index (χ1) is 9.90. The van der Waals surface area contributed by atoms with Gasteiger partial charge in [-0.05, 0) is 6.07 Å². The third-order valence-electron chi connectivity index (χ3n) is 3.44. The predicted molar refractivity (Wildman–Crippen MR) is 76.9 cm³/mol. The largest absolute Gasteiger partial charge is 0.477 e. The van der Waals surface area contributed by atoms with Crippen LogP contribution in [0.5, 0.6) is 0 Å². The van der Waals surface area contributed by atoms with Gasteiger partial charge in [-0.25, -0.2) is 17.9 Å². The third-order valence-corrected chi connectivity index (χ3v) is 4.87. The second-order valence-corrected chi connectivity index (χ2v) is 6.73. The van der Waals surface area contributed by atoms with E-state index in [0.717, 1.165) is 32.2 Å². The first-order valence-corrected chi connectivity index (χ1v) is 8.21. The number of aromatic nitrogens is 1. The molecule has 2 rings (SSSR count). The lowest BCUT2D eigenvalue weighted by molar-refractivity contribution is 0.0686. The van der Waals surface area contributed by atoms with Crippen LogP contribution in [-0.2, 0) is 17.1 Å². The van der Waals surface area contributed by atoms with Crippen molar-refractivity contribution in [2.45, 2.75) is 4.90 Å². The van der Waals surface area contributed by atoms with E-state index in [1.54, 1.807) is 0 Å². The fourth-order valence-electron chi connectivity index (χ4n) is 2.25. The Kier molecular flexibility index (Phi) is 4.99. The Hall–Kier alpha value is -1.42. The fourth-order valence-corrected chi connectivity index (χ4v) is 3.34. The summed E-state index contributed by atoms with van der Waals surface area (Å²) in [5.74, 6) is -1.15. The van der Waals surface area contributed by atoms with Crippen molar-refractivity contribution in [1.82, 2.24) is 19.5 Å². The number of hydrogen-bond acceptors (Lipinski definition) is 5. The highest BCUT2D eigenvalue weighted by atomic mass is 32.2. The highest BCUT2D eigenvalue weighted by molar-refractivity contribution is 7.89. The molecular weight excluding hydrogens is 296 g/mol. The number of aromatic carboxylic acids is 1. The molecule has 0 bridgehead atoms. The molecule has 1 saturated heterocycles. The fraction of sp³-hybridized carbons (Fsp3) is 0.583. The zero-order chi connectivity index (χ0) is 15.5. The van der Waals surface area contributed by atoms with Gasteiger partial charge in [0.25, 0.3) is 0 Å². The molecule has 0 amide bonds. The van der Waals surface area contributed by atoms with E-state index in [0.29, 0.717) is 13.1 Å². The molecule has 0 aliphatic carbocycles. The Morgan fingerprint density at radius 2 is 2.10 bits per heavy atom. The van der Waals surface area contributed by atoms with Gasteiger partial charge < -0.3 is 15.0 Å². The summed E-state index contributed by atoms with van der Waals surface area (Å²) in [5.41, 5.74) is -0.0579. The van der Waals surface area contributed by atoms with E-state index in [4.69, 9.17) is 5.11 Å². The molecule has 8 nitrogen and oxygen atoms in total. The second kappa shape index (κ2) is 6.56. The minimum absolute atomic E-state index is 0.0253. The normalized spacial score (nSPS) is 17.0. The summed E-state index contributed by atoms with van der Waals surface area (Å²) in [6, 6.07) is 1.16. The van der Waals surface area contributed by atoms with Crippen molar-refractivity contribution in [3.05, 3.63) is 18.0 Å². The number of aryl methyl sites for hydroxylation is 1. The molecular formula is C12H20N4O4S. The van der Waals surface area contributed by atoms with Gasteiger partial charge in [0.2, 0.25) is 10.0 Å². The summed E-state index contributed by atoms with van der Waals surface area (Å²) in [4.78, 5) is 13.1. The smallest absolute Gasteiger partial charge is 0.352 e. The van der Waals surface area contributed by atoms with Crippen molar-refractivity contribution in [3.63, 3.8) is 0 Å². The number of carboxylic acid groups (broad SMARTS) is 1. The van der Waals surface area contributed by atoms with Gasteiger partial charge >= 0.3 is 5.97 Å². The molecule has 0 radical (unpaired) electrons. The first kappa shape index (κ1) is 16.0. The lowest BCUT2D eigenvalue weighted by Gasteiger charge is -2.26. The molecule has 1 fully saturated rings. The summed E-state index contributed by atoms with van der Waals surface area (Å²) in [7, 11) is -2.17. The number of nitrogens with zero attached hydrogens (tertiary/aromatic N) is 2. The van der Waals surface area contributed by atoms with E-state index in [-0.39, 0.29) is 10.6 Å². The van der Waals surface area contributed by atoms with Crippen LogP contribution in [0.4, 0.5) is 0 Å². The van der Waals surface area contributed by atoms with E-state index < -0.39 is 16.0 Å². The average Bonchev–Trinajstić information content (AvgIpc) is 2.83. The molecule has 21 heavy (non-hydrogen) atoms. The standard InChI is InChI=1S/C12H20N4O4S/c1-15-9-10(8-11(15)12(17)18)21(19,20)14-4-7-16-5-2-13-3-6-16/h8-9,13-14H,2-7H2,1H3,(H,17,18). The molecule has 2 heterocycles. The van der Waals surface area contributed by atoms with E-state index in [1.165, 1.54) is 17.8 Å². The molecule has 1 aromatic rings. The van der Waals surface area contributed by atoms with Crippen molar-refractivity contribution in [3.8, 4) is 0 Å². The number of carboxylic acids is 1. The summed E-state index contributed by atoms with van der Waals surface area (Å²) < 4.78 is 28.0. The minimum atomic E-state index is -3.67. The maximum Gasteiger partial charge on any atom is 0.352 e. The topological polar surface area (TPSA) is 104 Å². The van der Waals surface area contributed by atoms with Gasteiger partial charge in [0, 0.05) is 52.5 Å². The quantitative estimate of drug-likeness (QED) is 0.616. The SMILES string of the molecule is Cn1cc(S(=O)(=O)NCCN2CCNCC2)cc1C(=O)O. The number of piperazine rings is 1. The Balaban J connectivity index is 1.95. The molecule has 3 N–H and O–H groups in total. The molecule has 0 unspecified atom stereocenters. The van der Waals surface area contributed by atoms with Gasteiger partial charge in [0.05, 0.1) is 0 Å². The Bertz CT molecular complexity index is 605. The second-order valence-electron chi connectivity index (χ2n) is 4.97. The molecule has 0 spiro atoms. The van der Waals surface area contributed by atoms with Gasteiger partial charge in [0.1, 0.15) is 10.6 Å². The first-order valence-electron chi connectivity index (χ1n) is 6.72. The predicted octanol–water partition coefficient (Wildman–Crippen LogP) is -1.09. The van der Waals surface area contributed by atoms with Gasteiger partial charge in [0.15, 0.2) is 0 Å². The van der Waals surface area contributed by atoms with Crippen molar-refractivity contribution in [2.75, 3.05) is 39.3 Å². The highest BCUT2D eigenvalue weighted by Crippen LogP contribution is 2.13. The summed E-state index contributed by atoms with van der Waals surface area (Å²) >= 11 is 0. The van der Waals surface area contributed by atoms with Crippen molar-refractivity contribution >= 4 is 16.0 Å². The van der Waals surface area contributed by atoms with Crippen LogP contribution in [0.2, 0.25) is 0 Å². The average molecular weight is 316 g/mol. The molecule has 118 valence electrons. The highest BCUT2D eigenvalue weighted by Gasteiger charge is 2.20. The Labute approximate surface area is 123 Å². The van der Waals surface area contributed by atoms with Crippen LogP contribution in [-0.4, -0.2) is 68.2 Å². The number of hydrogen-bond donors (Lipinski definition) is 3. The van der Waals surface area contributed by atoms with Gasteiger partial charge in [-0.15, -0.1) is 0 Å². The van der Waals surface area contributed by atoms with Gasteiger partial charge in [-0.2, -0.15) is 0 Å². The van der Waals surface area contributed by atoms with Crippen LogP contribution in [0.3, 0.4) is 0 Å². The number of carbonyl (C=O) groups is 1. The van der Waals surface area contributed by atoms with E-state index in [9.17, 15) is 13.2 Å². The minimum Gasteiger partial charge on any atom is -0.477 e. The molecule has 0 aromatic carbocycles. The summed E-state index contributed by atoms with van der Waals surface area (Å²) in [6.07, 6.45) is 1.30. The monoisotopic (exact) mass is 316 g/mol. The van der Waals surface area contributed by atoms with Crippen LogP contribution in [0, 0.1) is 0 Å². The zero-order valence-corrected chi connectivity index (χ0v) is 12.7. The number of sulfonamides is 1. The zero-order valence-electron chi connectivity index (χ0n) is 11.9. The third kappa shape index (κ3) is 4.03. The van der Waals surface area contributed by atoms with Crippen LogP contribution < -0.4 is 10.0 Å². The van der Waals surface area contributed by atoms with Crippen LogP contribution >= 0.6 is 0 Å². The maximum absolute atomic E-state index is 12.1. The lowest BCUT2D eigenvalue weighted by Crippen LogP contribution is -2.46. The molecule has 1 aromatic heterocycles. The number of rotatable bonds is 6. The van der Waals surface area contributed by atoms with E-state index in [2.05, 4.69) is 14.9 Å². The molecule has 9 heteroatoms. The molecule has 0 saturated carbocycles. The molecule has 1 aliphatic heterocycles. The summed E-state index contributed by atoms with van der Waals surface area (Å²) in [6.45, 7) is 4.56. The Morgan fingerprint density at radius 3 is 2.67 bits per heavy atom. The van der Waals surface area contributed by atoms with Crippen LogP contribution in [0.1, 0.15) is 10.5 Å². The van der Waals surface area contributed by atoms with Crippen LogP contribution in [0.25, 0.3) is 0 Å². The van der Waals surface area contributed by atoms with Crippen LogP contribution in [0.15, 0.2) is 17.2 Å². The number of nitrogens with one attached hydrogen (secondary N) is 2. The van der Waals surface area contributed by atoms with E-state index >= 15 is 0 Å². The van der Waals surface area contributed by atoms with E-state index in [1.807, 2.05) is 0 Å². The summed E-state index contributed by atoms with van der Waals surface area (Å²) in [5, 5.41) is 12.2. The molecule has 1 aliphatic rings.